The Bertz CT molecular complexity index is 901. The fourth-order valence-electron chi connectivity index (χ4n) is 1.80. The van der Waals surface area contributed by atoms with Gasteiger partial charge >= 0.3 is 0 Å². The van der Waals surface area contributed by atoms with Crippen LogP contribution in [0.5, 0.6) is 5.19 Å². The molecule has 128 valence electrons. The molecule has 0 aromatic carbocycles. The fourth-order valence-corrected chi connectivity index (χ4v) is 2.80. The number of aryl methyl sites for hydroxylation is 1. The van der Waals surface area contributed by atoms with E-state index >= 15 is 0 Å². The molecule has 3 aromatic rings. The maximum Gasteiger partial charge on any atom is 0.296 e. The lowest BCUT2D eigenvalue weighted by molar-refractivity contribution is 0.102. The zero-order valence-electron chi connectivity index (χ0n) is 12.9. The summed E-state index contributed by atoms with van der Waals surface area (Å²) in [6.45, 7) is 2.00. The summed E-state index contributed by atoms with van der Waals surface area (Å²) >= 11 is 12.9. The van der Waals surface area contributed by atoms with Crippen LogP contribution in [0.3, 0.4) is 0 Å². The number of nitrogens with zero attached hydrogens (tertiary/aromatic N) is 4. The zero-order chi connectivity index (χ0) is 17.8. The van der Waals surface area contributed by atoms with Gasteiger partial charge in [0, 0.05) is 18.1 Å². The van der Waals surface area contributed by atoms with Crippen molar-refractivity contribution in [3.05, 3.63) is 57.6 Å². The molecule has 0 bridgehead atoms. The Kier molecular flexibility index (Phi) is 5.42. The van der Waals surface area contributed by atoms with Crippen molar-refractivity contribution in [2.45, 2.75) is 13.5 Å². The van der Waals surface area contributed by atoms with E-state index in [1.807, 2.05) is 0 Å². The van der Waals surface area contributed by atoms with Crippen molar-refractivity contribution in [3.63, 3.8) is 0 Å². The predicted molar refractivity (Wildman–Crippen MR) is 95.4 cm³/mol. The molecule has 0 aliphatic heterocycles. The minimum absolute atomic E-state index is 0.216. The Labute approximate surface area is 157 Å². The molecule has 0 saturated heterocycles. The number of halogens is 2. The summed E-state index contributed by atoms with van der Waals surface area (Å²) in [5.41, 5.74) is 1.68. The highest BCUT2D eigenvalue weighted by atomic mass is 35.5. The van der Waals surface area contributed by atoms with Crippen LogP contribution in [0.25, 0.3) is 0 Å². The van der Waals surface area contributed by atoms with E-state index in [0.717, 1.165) is 17.0 Å². The van der Waals surface area contributed by atoms with Gasteiger partial charge in [0.15, 0.2) is 0 Å². The molecule has 0 spiro atoms. The van der Waals surface area contributed by atoms with Gasteiger partial charge in [0.25, 0.3) is 11.1 Å². The van der Waals surface area contributed by atoms with Gasteiger partial charge in [0.1, 0.15) is 6.61 Å². The van der Waals surface area contributed by atoms with Crippen LogP contribution in [0.15, 0.2) is 30.6 Å². The summed E-state index contributed by atoms with van der Waals surface area (Å²) in [5, 5.41) is 11.8. The second-order valence-electron chi connectivity index (χ2n) is 4.89. The summed E-state index contributed by atoms with van der Waals surface area (Å²) in [6, 6.07) is 5.08. The van der Waals surface area contributed by atoms with Gasteiger partial charge in [-0.3, -0.25) is 20.1 Å². The number of pyridine rings is 2. The molecule has 1 N–H and O–H groups in total. The van der Waals surface area contributed by atoms with Crippen molar-refractivity contribution in [2.24, 2.45) is 0 Å². The number of anilines is 1. The van der Waals surface area contributed by atoms with Crippen LogP contribution in [-0.4, -0.2) is 26.1 Å². The molecule has 0 aliphatic rings. The van der Waals surface area contributed by atoms with Gasteiger partial charge in [-0.25, -0.2) is 0 Å². The third-order valence-corrected chi connectivity index (χ3v) is 4.28. The van der Waals surface area contributed by atoms with Gasteiger partial charge in [-0.15, -0.1) is 5.10 Å². The minimum Gasteiger partial charge on any atom is -0.462 e. The molecule has 7 nitrogen and oxygen atoms in total. The predicted octanol–water partition coefficient (Wildman–Crippen LogP) is 3.77. The molecule has 0 atom stereocenters. The first-order valence-corrected chi connectivity index (χ1v) is 8.59. The largest absolute Gasteiger partial charge is 0.462 e. The molecule has 0 fully saturated rings. The van der Waals surface area contributed by atoms with Gasteiger partial charge in [-0.2, -0.15) is 0 Å². The van der Waals surface area contributed by atoms with E-state index < -0.39 is 5.91 Å². The fraction of sp³-hybridized carbons (Fsp3) is 0.133. The van der Waals surface area contributed by atoms with Crippen molar-refractivity contribution >= 4 is 45.6 Å². The Morgan fingerprint density at radius 3 is 2.80 bits per heavy atom. The molecule has 0 unspecified atom stereocenters. The summed E-state index contributed by atoms with van der Waals surface area (Å²) < 4.78 is 5.49. The second kappa shape index (κ2) is 7.73. The molecule has 25 heavy (non-hydrogen) atoms. The quantitative estimate of drug-likeness (QED) is 0.706. The SMILES string of the molecule is Cc1cc(Cl)c(C(=O)Nc2nnc(OCc3ccc(Cl)cn3)s2)cn1. The van der Waals surface area contributed by atoms with Crippen LogP contribution in [0, 0.1) is 6.92 Å². The topological polar surface area (TPSA) is 89.9 Å². The van der Waals surface area contributed by atoms with Gasteiger partial charge in [-0.05, 0) is 36.5 Å². The lowest BCUT2D eigenvalue weighted by atomic mass is 10.2. The van der Waals surface area contributed by atoms with Crippen LogP contribution in [0.4, 0.5) is 5.13 Å². The second-order valence-corrected chi connectivity index (χ2v) is 6.67. The first kappa shape index (κ1) is 17.5. The van der Waals surface area contributed by atoms with E-state index in [-0.39, 0.29) is 12.2 Å². The molecule has 3 heterocycles. The number of aromatic nitrogens is 4. The van der Waals surface area contributed by atoms with Crippen LogP contribution in [-0.2, 0) is 6.61 Å². The smallest absolute Gasteiger partial charge is 0.296 e. The maximum absolute atomic E-state index is 12.2. The Hall–Kier alpha value is -2.29. The van der Waals surface area contributed by atoms with Crippen molar-refractivity contribution < 1.29 is 9.53 Å². The van der Waals surface area contributed by atoms with Crippen LogP contribution in [0.1, 0.15) is 21.7 Å². The molecule has 3 aromatic heterocycles. The van der Waals surface area contributed by atoms with Crippen molar-refractivity contribution in [3.8, 4) is 5.19 Å². The Morgan fingerprint density at radius 2 is 2.08 bits per heavy atom. The lowest BCUT2D eigenvalue weighted by Gasteiger charge is -2.03. The van der Waals surface area contributed by atoms with Gasteiger partial charge in [0.05, 0.1) is 21.3 Å². The number of amides is 1. The van der Waals surface area contributed by atoms with E-state index in [1.54, 1.807) is 25.1 Å². The zero-order valence-corrected chi connectivity index (χ0v) is 15.2. The Balaban J connectivity index is 1.61. The van der Waals surface area contributed by atoms with Crippen LogP contribution < -0.4 is 10.1 Å². The Morgan fingerprint density at radius 1 is 1.24 bits per heavy atom. The maximum atomic E-state index is 12.2. The molecule has 10 heteroatoms. The van der Waals surface area contributed by atoms with Gasteiger partial charge in [-0.1, -0.05) is 28.3 Å². The lowest BCUT2D eigenvalue weighted by Crippen LogP contribution is -2.12. The van der Waals surface area contributed by atoms with E-state index in [9.17, 15) is 4.79 Å². The molecule has 0 saturated carbocycles. The monoisotopic (exact) mass is 395 g/mol. The third kappa shape index (κ3) is 4.62. The number of hydrogen-bond acceptors (Lipinski definition) is 7. The van der Waals surface area contributed by atoms with E-state index in [4.69, 9.17) is 27.9 Å². The van der Waals surface area contributed by atoms with E-state index in [1.165, 1.54) is 12.4 Å². The minimum atomic E-state index is -0.417. The average Bonchev–Trinajstić information content (AvgIpc) is 3.01. The normalized spacial score (nSPS) is 10.5. The number of rotatable bonds is 5. The number of carbonyl (C=O) groups excluding carboxylic acids is 1. The third-order valence-electron chi connectivity index (χ3n) is 2.99. The van der Waals surface area contributed by atoms with Crippen LogP contribution >= 0.6 is 34.5 Å². The summed E-state index contributed by atoms with van der Waals surface area (Å²) in [5.74, 6) is -0.417. The van der Waals surface area contributed by atoms with E-state index in [0.29, 0.717) is 26.1 Å². The number of ether oxygens (including phenoxy) is 1. The van der Waals surface area contributed by atoms with Crippen molar-refractivity contribution in [1.29, 1.82) is 0 Å². The molecular weight excluding hydrogens is 385 g/mol. The molecule has 0 aliphatic carbocycles. The van der Waals surface area contributed by atoms with E-state index in [2.05, 4.69) is 25.5 Å². The number of hydrogen-bond donors (Lipinski definition) is 1. The van der Waals surface area contributed by atoms with Crippen molar-refractivity contribution in [1.82, 2.24) is 20.2 Å². The average molecular weight is 396 g/mol. The van der Waals surface area contributed by atoms with Gasteiger partial charge in [0.2, 0.25) is 5.13 Å². The molecule has 3 rings (SSSR count). The standard InChI is InChI=1S/C15H11Cl2N5O2S/c1-8-4-12(17)11(6-18-8)13(23)20-14-21-22-15(25-14)24-7-10-3-2-9(16)5-19-10/h2-6H,7H2,1H3,(H,20,21,23). The molecule has 1 amide bonds. The highest BCUT2D eigenvalue weighted by molar-refractivity contribution is 7.17. The molecular formula is C15H11Cl2N5O2S. The summed E-state index contributed by atoms with van der Waals surface area (Å²) in [4.78, 5) is 20.4. The van der Waals surface area contributed by atoms with Crippen LogP contribution in [0.2, 0.25) is 10.0 Å². The number of carbonyl (C=O) groups is 1. The first-order valence-electron chi connectivity index (χ1n) is 7.01. The summed E-state index contributed by atoms with van der Waals surface area (Å²) in [6.07, 6.45) is 2.95. The highest BCUT2D eigenvalue weighted by Crippen LogP contribution is 2.24. The number of nitrogens with one attached hydrogen (secondary N) is 1. The molecule has 0 radical (unpaired) electrons. The van der Waals surface area contributed by atoms with Gasteiger partial charge < -0.3 is 4.74 Å². The highest BCUT2D eigenvalue weighted by Gasteiger charge is 2.14. The summed E-state index contributed by atoms with van der Waals surface area (Å²) in [7, 11) is 0. The van der Waals surface area contributed by atoms with Crippen molar-refractivity contribution in [2.75, 3.05) is 5.32 Å². The first-order chi connectivity index (χ1) is 12.0.